The van der Waals surface area contributed by atoms with Crippen LogP contribution in [0.3, 0.4) is 0 Å². The molecule has 4 aromatic rings. The molecule has 0 saturated carbocycles. The lowest BCUT2D eigenvalue weighted by atomic mass is 10.0. The van der Waals surface area contributed by atoms with Crippen LogP contribution >= 0.6 is 35.0 Å². The van der Waals surface area contributed by atoms with E-state index < -0.39 is 0 Å². The summed E-state index contributed by atoms with van der Waals surface area (Å²) in [7, 11) is 0. The highest BCUT2D eigenvalue weighted by molar-refractivity contribution is 7.99. The zero-order chi connectivity index (χ0) is 24.9. The van der Waals surface area contributed by atoms with Crippen molar-refractivity contribution in [1.82, 2.24) is 0 Å². The van der Waals surface area contributed by atoms with Gasteiger partial charge in [0.25, 0.3) is 5.91 Å². The van der Waals surface area contributed by atoms with Gasteiger partial charge in [0.1, 0.15) is 18.1 Å². The molecule has 1 aromatic heterocycles. The zero-order valence-electron chi connectivity index (χ0n) is 19.6. The van der Waals surface area contributed by atoms with E-state index in [2.05, 4.69) is 19.2 Å². The molecule has 4 nitrogen and oxygen atoms in total. The Morgan fingerprint density at radius 1 is 1.03 bits per heavy atom. The van der Waals surface area contributed by atoms with Crippen molar-refractivity contribution in [3.8, 4) is 5.75 Å². The lowest BCUT2D eigenvalue weighted by Crippen LogP contribution is -2.11. The monoisotopic (exact) mass is 525 g/mol. The van der Waals surface area contributed by atoms with Gasteiger partial charge in [0.15, 0.2) is 5.76 Å². The highest BCUT2D eigenvalue weighted by atomic mass is 35.5. The molecular weight excluding hydrogens is 501 g/mol. The Hall–Kier alpha value is -2.86. The number of amides is 1. The number of carbonyl (C=O) groups excluding carboxylic acids is 1. The number of halogens is 2. The van der Waals surface area contributed by atoms with Gasteiger partial charge in [-0.05, 0) is 84.6 Å². The summed E-state index contributed by atoms with van der Waals surface area (Å²) in [5.41, 5.74) is 2.67. The minimum absolute atomic E-state index is 0.205. The van der Waals surface area contributed by atoms with Crippen LogP contribution in [0.25, 0.3) is 0 Å². The number of nitrogens with one attached hydrogen (secondary N) is 1. The normalized spacial score (nSPS) is 11.0. The van der Waals surface area contributed by atoms with Crippen LogP contribution in [-0.4, -0.2) is 5.91 Å². The minimum atomic E-state index is -0.328. The first kappa shape index (κ1) is 25.2. The van der Waals surface area contributed by atoms with Gasteiger partial charge >= 0.3 is 0 Å². The maximum absolute atomic E-state index is 12.9. The predicted octanol–water partition coefficient (Wildman–Crippen LogP) is 9.00. The Labute approximate surface area is 219 Å². The molecule has 0 unspecified atom stereocenters. The summed E-state index contributed by atoms with van der Waals surface area (Å²) in [5.74, 6) is 1.46. The molecule has 0 radical (unpaired) electrons. The van der Waals surface area contributed by atoms with Crippen molar-refractivity contribution in [1.29, 1.82) is 0 Å². The van der Waals surface area contributed by atoms with E-state index in [9.17, 15) is 4.79 Å². The van der Waals surface area contributed by atoms with E-state index in [0.717, 1.165) is 26.7 Å². The first-order valence-electron chi connectivity index (χ1n) is 11.2. The van der Waals surface area contributed by atoms with Crippen LogP contribution in [0.15, 0.2) is 87.0 Å². The van der Waals surface area contributed by atoms with Gasteiger partial charge in [-0.3, -0.25) is 4.79 Å². The van der Waals surface area contributed by atoms with E-state index in [1.54, 1.807) is 23.9 Å². The summed E-state index contributed by atoms with van der Waals surface area (Å²) in [6.45, 7) is 6.33. The number of rotatable bonds is 8. The van der Waals surface area contributed by atoms with Crippen LogP contribution in [0.5, 0.6) is 5.75 Å². The topological polar surface area (TPSA) is 51.5 Å². The number of ether oxygens (including phenoxy) is 1. The number of benzene rings is 3. The molecule has 1 N–H and O–H groups in total. The third kappa shape index (κ3) is 6.43. The number of hydrogen-bond donors (Lipinski definition) is 1. The molecule has 7 heteroatoms. The van der Waals surface area contributed by atoms with Gasteiger partial charge in [-0.2, -0.15) is 0 Å². The Morgan fingerprint density at radius 2 is 1.77 bits per heavy atom. The van der Waals surface area contributed by atoms with Crippen LogP contribution in [0.1, 0.15) is 47.2 Å². The minimum Gasteiger partial charge on any atom is -0.485 e. The molecule has 0 bridgehead atoms. The van der Waals surface area contributed by atoms with E-state index in [4.69, 9.17) is 32.4 Å². The molecule has 4 rings (SSSR count). The van der Waals surface area contributed by atoms with Crippen molar-refractivity contribution in [2.45, 2.75) is 43.1 Å². The number of aryl methyl sites for hydroxylation is 1. The number of furan rings is 1. The molecular formula is C28H25Cl2NO3S. The summed E-state index contributed by atoms with van der Waals surface area (Å²) >= 11 is 13.8. The van der Waals surface area contributed by atoms with E-state index in [-0.39, 0.29) is 24.2 Å². The first-order chi connectivity index (χ1) is 16.8. The van der Waals surface area contributed by atoms with E-state index >= 15 is 0 Å². The van der Waals surface area contributed by atoms with Crippen LogP contribution in [0.4, 0.5) is 5.69 Å². The third-order valence-corrected chi connectivity index (χ3v) is 7.09. The zero-order valence-corrected chi connectivity index (χ0v) is 21.9. The second-order valence-corrected chi connectivity index (χ2v) is 10.3. The van der Waals surface area contributed by atoms with Crippen molar-refractivity contribution in [3.63, 3.8) is 0 Å². The van der Waals surface area contributed by atoms with Gasteiger partial charge in [-0.25, -0.2) is 0 Å². The van der Waals surface area contributed by atoms with Crippen LogP contribution < -0.4 is 10.1 Å². The van der Waals surface area contributed by atoms with Crippen molar-refractivity contribution >= 4 is 46.6 Å². The van der Waals surface area contributed by atoms with Gasteiger partial charge in [0.2, 0.25) is 0 Å². The van der Waals surface area contributed by atoms with Gasteiger partial charge in [0.05, 0.1) is 5.69 Å². The van der Waals surface area contributed by atoms with E-state index in [1.807, 2.05) is 67.6 Å². The van der Waals surface area contributed by atoms with Gasteiger partial charge < -0.3 is 14.5 Å². The molecule has 0 aliphatic heterocycles. The highest BCUT2D eigenvalue weighted by Crippen LogP contribution is 2.35. The molecule has 35 heavy (non-hydrogen) atoms. The maximum atomic E-state index is 12.9. The Balaban J connectivity index is 1.43. The largest absolute Gasteiger partial charge is 0.485 e. The van der Waals surface area contributed by atoms with Gasteiger partial charge in [-0.1, -0.05) is 60.9 Å². The van der Waals surface area contributed by atoms with Crippen molar-refractivity contribution in [3.05, 3.63) is 105 Å². The first-order valence-corrected chi connectivity index (χ1v) is 12.7. The number of carbonyl (C=O) groups is 1. The molecule has 1 heterocycles. The summed E-state index contributed by atoms with van der Waals surface area (Å²) in [6.07, 6.45) is 0. The van der Waals surface area contributed by atoms with Gasteiger partial charge in [0, 0.05) is 19.8 Å². The van der Waals surface area contributed by atoms with E-state index in [1.165, 1.54) is 0 Å². The molecule has 0 aliphatic rings. The number of hydrogen-bond acceptors (Lipinski definition) is 4. The van der Waals surface area contributed by atoms with Crippen LogP contribution in [0.2, 0.25) is 10.0 Å². The fourth-order valence-electron chi connectivity index (χ4n) is 3.45. The average molecular weight is 526 g/mol. The van der Waals surface area contributed by atoms with Crippen LogP contribution in [-0.2, 0) is 6.61 Å². The summed E-state index contributed by atoms with van der Waals surface area (Å²) < 4.78 is 11.8. The molecule has 3 aromatic carbocycles. The molecule has 0 atom stereocenters. The number of anilines is 1. The number of para-hydroxylation sites is 1. The summed E-state index contributed by atoms with van der Waals surface area (Å²) in [5, 5.41) is 4.34. The molecule has 0 aliphatic carbocycles. The summed E-state index contributed by atoms with van der Waals surface area (Å²) in [4.78, 5) is 14.8. The van der Waals surface area contributed by atoms with Crippen molar-refractivity contribution in [2.24, 2.45) is 0 Å². The summed E-state index contributed by atoms with van der Waals surface area (Å²) in [6, 6.07) is 22.5. The lowest BCUT2D eigenvalue weighted by Gasteiger charge is -2.15. The van der Waals surface area contributed by atoms with Crippen molar-refractivity contribution in [2.75, 3.05) is 5.32 Å². The lowest BCUT2D eigenvalue weighted by molar-refractivity contribution is 0.0992. The molecule has 0 spiro atoms. The van der Waals surface area contributed by atoms with Crippen molar-refractivity contribution < 1.29 is 13.9 Å². The highest BCUT2D eigenvalue weighted by Gasteiger charge is 2.16. The van der Waals surface area contributed by atoms with E-state index in [0.29, 0.717) is 21.5 Å². The molecule has 1 amide bonds. The molecule has 0 saturated heterocycles. The molecule has 0 fully saturated rings. The average Bonchev–Trinajstić information content (AvgIpc) is 3.31. The Bertz CT molecular complexity index is 1330. The SMILES string of the molecule is Cc1cc(OCc2ccc(C(=O)Nc3ccccc3Sc3ccc(Cl)cc3)o2)c(C(C)C)cc1Cl. The quantitative estimate of drug-likeness (QED) is 0.249. The smallest absolute Gasteiger partial charge is 0.291 e. The fourth-order valence-corrected chi connectivity index (χ4v) is 4.65. The Kier molecular flexibility index (Phi) is 8.11. The fraction of sp³-hybridized carbons (Fsp3) is 0.179. The Morgan fingerprint density at radius 3 is 2.51 bits per heavy atom. The second kappa shape index (κ2) is 11.3. The standard InChI is InChI=1S/C28H25Cl2NO3S/c1-17(2)22-15-23(30)18(3)14-26(22)33-16-20-10-13-25(34-20)28(32)31-24-6-4-5-7-27(24)35-21-11-8-19(29)9-12-21/h4-15,17H,16H2,1-3H3,(H,31,32). The third-order valence-electron chi connectivity index (χ3n) is 5.35. The second-order valence-electron chi connectivity index (χ2n) is 8.35. The van der Waals surface area contributed by atoms with Gasteiger partial charge in [-0.15, -0.1) is 0 Å². The predicted molar refractivity (Wildman–Crippen MR) is 143 cm³/mol. The van der Waals surface area contributed by atoms with Crippen LogP contribution in [0, 0.1) is 6.92 Å². The molecule has 180 valence electrons. The maximum Gasteiger partial charge on any atom is 0.291 e.